The van der Waals surface area contributed by atoms with Gasteiger partial charge in [0.15, 0.2) is 0 Å². The molecule has 0 bridgehead atoms. The van der Waals surface area contributed by atoms with Gasteiger partial charge in [0.05, 0.1) is 23.8 Å². The lowest BCUT2D eigenvalue weighted by atomic mass is 9.82. The fourth-order valence-corrected chi connectivity index (χ4v) is 10.4. The Labute approximate surface area is 385 Å². The molecule has 0 atom stereocenters. The summed E-state index contributed by atoms with van der Waals surface area (Å²) in [7, 11) is 1.72. The fourth-order valence-electron chi connectivity index (χ4n) is 10.4. The van der Waals surface area contributed by atoms with Crippen LogP contribution < -0.4 is 14.5 Å². The molecular formula is C62H47N3O. The van der Waals surface area contributed by atoms with Gasteiger partial charge in [0.2, 0.25) is 0 Å². The number of benzene rings is 10. The third-order valence-electron chi connectivity index (χ3n) is 13.6. The Kier molecular flexibility index (Phi) is 9.35. The minimum absolute atomic E-state index is 0.156. The second-order valence-corrected chi connectivity index (χ2v) is 17.8. The van der Waals surface area contributed by atoms with E-state index in [0.29, 0.717) is 0 Å². The molecular weight excluding hydrogens is 803 g/mol. The van der Waals surface area contributed by atoms with Crippen LogP contribution in [0.1, 0.15) is 25.0 Å². The number of anilines is 6. The van der Waals surface area contributed by atoms with Crippen LogP contribution in [0.4, 0.5) is 34.1 Å². The summed E-state index contributed by atoms with van der Waals surface area (Å²) in [5.41, 5.74) is 17.3. The second-order valence-electron chi connectivity index (χ2n) is 17.8. The molecule has 0 saturated heterocycles. The molecule has 316 valence electrons. The van der Waals surface area contributed by atoms with E-state index < -0.39 is 0 Å². The number of hydrogen-bond donors (Lipinski definition) is 0. The molecule has 4 nitrogen and oxygen atoms in total. The quantitative estimate of drug-likeness (QED) is 0.144. The van der Waals surface area contributed by atoms with E-state index in [0.717, 1.165) is 51.0 Å². The third-order valence-corrected chi connectivity index (χ3v) is 13.6. The summed E-state index contributed by atoms with van der Waals surface area (Å²) in [6.45, 7) is 4.71. The molecule has 1 aliphatic rings. The van der Waals surface area contributed by atoms with Gasteiger partial charge in [-0.15, -0.1) is 0 Å². The third kappa shape index (κ3) is 6.44. The van der Waals surface area contributed by atoms with Crippen LogP contribution in [0.5, 0.6) is 5.75 Å². The molecule has 0 amide bonds. The second kappa shape index (κ2) is 15.7. The Morgan fingerprint density at radius 2 is 0.955 bits per heavy atom. The van der Waals surface area contributed by atoms with Crippen molar-refractivity contribution in [2.45, 2.75) is 19.3 Å². The molecule has 0 saturated carbocycles. The van der Waals surface area contributed by atoms with Gasteiger partial charge in [0.1, 0.15) is 5.75 Å². The maximum Gasteiger partial charge on any atom is 0.119 e. The zero-order chi connectivity index (χ0) is 44.4. The van der Waals surface area contributed by atoms with Crippen molar-refractivity contribution < 1.29 is 4.74 Å². The minimum Gasteiger partial charge on any atom is -0.497 e. The minimum atomic E-state index is -0.156. The van der Waals surface area contributed by atoms with Crippen molar-refractivity contribution in [1.29, 1.82) is 0 Å². The maximum absolute atomic E-state index is 5.64. The monoisotopic (exact) mass is 849 g/mol. The van der Waals surface area contributed by atoms with Crippen molar-refractivity contribution in [3.8, 4) is 33.7 Å². The van der Waals surface area contributed by atoms with Crippen LogP contribution in [-0.4, -0.2) is 11.7 Å². The molecule has 0 radical (unpaired) electrons. The predicted octanol–water partition coefficient (Wildman–Crippen LogP) is 16.9. The first-order chi connectivity index (χ1) is 32.4. The van der Waals surface area contributed by atoms with Crippen molar-refractivity contribution in [2.24, 2.45) is 0 Å². The normalized spacial score (nSPS) is 12.6. The van der Waals surface area contributed by atoms with Crippen LogP contribution >= 0.6 is 0 Å². The molecule has 11 aromatic rings. The van der Waals surface area contributed by atoms with Crippen molar-refractivity contribution in [1.82, 2.24) is 4.57 Å². The summed E-state index contributed by atoms with van der Waals surface area (Å²) in [6, 6.07) is 83.8. The highest BCUT2D eigenvalue weighted by Crippen LogP contribution is 2.51. The van der Waals surface area contributed by atoms with E-state index in [1.807, 2.05) is 12.1 Å². The number of methoxy groups -OCH3 is 1. The Bertz CT molecular complexity index is 3600. The average Bonchev–Trinajstić information content (AvgIpc) is 3.82. The highest BCUT2D eigenvalue weighted by molar-refractivity contribution is 6.12. The van der Waals surface area contributed by atoms with Crippen molar-refractivity contribution in [3.63, 3.8) is 0 Å². The van der Waals surface area contributed by atoms with E-state index in [-0.39, 0.29) is 5.41 Å². The SMILES string of the molecule is COc1ccc(N(c2ccccc2)c2cc(-c3ccc4c(c3)c3ccccc3n4-c3cccc4ccccc34)cc(N(c3ccccc3)c3ccc4c(c3)C(C)(C)c3ccccc3-4)c2)cc1. The maximum atomic E-state index is 5.64. The van der Waals surface area contributed by atoms with Gasteiger partial charge < -0.3 is 19.1 Å². The van der Waals surface area contributed by atoms with Crippen LogP contribution in [0, 0.1) is 0 Å². The molecule has 10 aromatic carbocycles. The van der Waals surface area contributed by atoms with Crippen molar-refractivity contribution in [3.05, 3.63) is 242 Å². The van der Waals surface area contributed by atoms with Crippen molar-refractivity contribution >= 4 is 66.7 Å². The fraction of sp³-hybridized carbons (Fsp3) is 0.0645. The summed E-state index contributed by atoms with van der Waals surface area (Å²) in [6.07, 6.45) is 0. The number of fused-ring (bicyclic) bond motifs is 7. The van der Waals surface area contributed by atoms with Gasteiger partial charge >= 0.3 is 0 Å². The highest BCUT2D eigenvalue weighted by atomic mass is 16.5. The Hall–Kier alpha value is -8.34. The predicted molar refractivity (Wildman–Crippen MR) is 277 cm³/mol. The van der Waals surface area contributed by atoms with E-state index in [2.05, 4.69) is 247 Å². The number of aromatic nitrogens is 1. The number of hydrogen-bond acceptors (Lipinski definition) is 3. The zero-order valence-corrected chi connectivity index (χ0v) is 37.2. The molecule has 12 rings (SSSR count). The lowest BCUT2D eigenvalue weighted by Crippen LogP contribution is -2.17. The van der Waals surface area contributed by atoms with E-state index in [4.69, 9.17) is 4.74 Å². The average molecular weight is 850 g/mol. The summed E-state index contributed by atoms with van der Waals surface area (Å²) >= 11 is 0. The Morgan fingerprint density at radius 1 is 0.379 bits per heavy atom. The zero-order valence-electron chi connectivity index (χ0n) is 37.2. The summed E-state index contributed by atoms with van der Waals surface area (Å²) in [5, 5.41) is 4.87. The summed E-state index contributed by atoms with van der Waals surface area (Å²) in [4.78, 5) is 4.78. The molecule has 66 heavy (non-hydrogen) atoms. The van der Waals surface area contributed by atoms with Gasteiger partial charge in [-0.25, -0.2) is 0 Å². The Balaban J connectivity index is 1.11. The first kappa shape index (κ1) is 39.3. The summed E-state index contributed by atoms with van der Waals surface area (Å²) < 4.78 is 8.08. The van der Waals surface area contributed by atoms with Gasteiger partial charge in [0.25, 0.3) is 0 Å². The van der Waals surface area contributed by atoms with Crippen LogP contribution in [0.25, 0.3) is 60.5 Å². The Morgan fingerprint density at radius 3 is 1.70 bits per heavy atom. The molecule has 0 fully saturated rings. The van der Waals surface area contributed by atoms with Gasteiger partial charge in [-0.3, -0.25) is 0 Å². The van der Waals surface area contributed by atoms with Crippen LogP contribution in [-0.2, 0) is 5.41 Å². The first-order valence-electron chi connectivity index (χ1n) is 22.7. The van der Waals surface area contributed by atoms with E-state index >= 15 is 0 Å². The lowest BCUT2D eigenvalue weighted by Gasteiger charge is -2.31. The van der Waals surface area contributed by atoms with Crippen LogP contribution in [0.15, 0.2) is 231 Å². The van der Waals surface area contributed by atoms with Gasteiger partial charge in [-0.1, -0.05) is 141 Å². The van der Waals surface area contributed by atoms with Crippen molar-refractivity contribution in [2.75, 3.05) is 16.9 Å². The smallest absolute Gasteiger partial charge is 0.119 e. The molecule has 0 N–H and O–H groups in total. The van der Waals surface area contributed by atoms with Gasteiger partial charge in [0, 0.05) is 55.7 Å². The van der Waals surface area contributed by atoms with Crippen LogP contribution in [0.3, 0.4) is 0 Å². The van der Waals surface area contributed by atoms with Crippen LogP contribution in [0.2, 0.25) is 0 Å². The van der Waals surface area contributed by atoms with E-state index in [1.165, 1.54) is 60.5 Å². The molecule has 0 aliphatic heterocycles. The number of para-hydroxylation sites is 3. The molecule has 1 aromatic heterocycles. The molecule has 0 spiro atoms. The summed E-state index contributed by atoms with van der Waals surface area (Å²) in [5.74, 6) is 0.814. The molecule has 4 heteroatoms. The highest BCUT2D eigenvalue weighted by Gasteiger charge is 2.36. The first-order valence-corrected chi connectivity index (χ1v) is 22.7. The number of ether oxygens (including phenoxy) is 1. The standard InChI is InChI=1S/C62H47N3O/c1-62(2)57-26-14-12-24-53(57)54-35-32-48(41-58(54)62)64(46-21-8-5-9-22-46)50-38-44(37-49(40-50)63(45-19-6-4-7-20-45)47-30-33-51(66-3)34-31-47)43-29-36-61-56(39-43)55-25-13-15-27-60(55)65(61)59-28-16-18-42-17-10-11-23-52(42)59/h4-41H,1-3H3. The number of nitrogens with zero attached hydrogens (tertiary/aromatic N) is 3. The molecule has 1 aliphatic carbocycles. The molecule has 1 heterocycles. The van der Waals surface area contributed by atoms with E-state index in [9.17, 15) is 0 Å². The molecule has 0 unspecified atom stereocenters. The lowest BCUT2D eigenvalue weighted by molar-refractivity contribution is 0.415. The largest absolute Gasteiger partial charge is 0.497 e. The topological polar surface area (TPSA) is 20.6 Å². The van der Waals surface area contributed by atoms with Gasteiger partial charge in [-0.2, -0.15) is 0 Å². The number of rotatable bonds is 9. The van der Waals surface area contributed by atoms with Gasteiger partial charge in [-0.05, 0) is 142 Å². The van der Waals surface area contributed by atoms with E-state index in [1.54, 1.807) is 7.11 Å².